The first-order valence-electron chi connectivity index (χ1n) is 4.77. The molecule has 0 heterocycles. The third-order valence-electron chi connectivity index (χ3n) is 2.19. The fraction of sp³-hybridized carbons (Fsp3) is 0.250. The minimum atomic E-state index is -4.60. The molecule has 0 spiro atoms. The Morgan fingerprint density at radius 1 is 1.18 bits per heavy atom. The van der Waals surface area contributed by atoms with Crippen LogP contribution >= 0.6 is 0 Å². The Labute approximate surface area is 95.8 Å². The number of carbonyl (C=O) groups excluding carboxylic acids is 1. The molecule has 0 aliphatic carbocycles. The van der Waals surface area contributed by atoms with Crippen LogP contribution < -0.4 is 0 Å². The number of allylic oxidation sites excluding steroid dienone is 1. The first-order valence-corrected chi connectivity index (χ1v) is 4.77. The van der Waals surface area contributed by atoms with Gasteiger partial charge in [-0.05, 0) is 49.3 Å². The molecule has 0 aliphatic rings. The van der Waals surface area contributed by atoms with Gasteiger partial charge in [0.05, 0.1) is 5.56 Å². The van der Waals surface area contributed by atoms with Gasteiger partial charge in [0.15, 0.2) is 5.78 Å². The topological polar surface area (TPSA) is 17.1 Å². The largest absolute Gasteiger partial charge is 0.416 e. The molecule has 1 aromatic rings. The van der Waals surface area contributed by atoms with Gasteiger partial charge in [0.2, 0.25) is 0 Å². The van der Waals surface area contributed by atoms with E-state index in [2.05, 4.69) is 0 Å². The van der Waals surface area contributed by atoms with Crippen molar-refractivity contribution in [1.82, 2.24) is 0 Å². The van der Waals surface area contributed by atoms with Crippen molar-refractivity contribution in [3.05, 3.63) is 40.7 Å². The predicted octanol–water partition coefficient (Wildman–Crippen LogP) is 3.84. The van der Waals surface area contributed by atoms with Crippen molar-refractivity contribution >= 4 is 11.9 Å². The number of carbonyl (C=O) groups is 1. The van der Waals surface area contributed by atoms with Crippen LogP contribution in [0.1, 0.15) is 25.0 Å². The third-order valence-corrected chi connectivity index (χ3v) is 2.19. The number of halogens is 4. The Morgan fingerprint density at radius 3 is 2.24 bits per heavy atom. The van der Waals surface area contributed by atoms with E-state index in [0.29, 0.717) is 6.07 Å². The molecule has 0 amide bonds. The minimum absolute atomic E-state index is 0.0185. The lowest BCUT2D eigenvalue weighted by Gasteiger charge is -2.08. The van der Waals surface area contributed by atoms with Gasteiger partial charge >= 0.3 is 6.18 Å². The quantitative estimate of drug-likeness (QED) is 0.572. The monoisotopic (exact) mass is 246 g/mol. The summed E-state index contributed by atoms with van der Waals surface area (Å²) in [4.78, 5) is 10.9. The molecule has 0 N–H and O–H groups in total. The van der Waals surface area contributed by atoms with Gasteiger partial charge < -0.3 is 0 Å². The fourth-order valence-electron chi connectivity index (χ4n) is 1.21. The fourth-order valence-corrected chi connectivity index (χ4v) is 1.21. The van der Waals surface area contributed by atoms with E-state index in [0.717, 1.165) is 12.1 Å². The molecule has 92 valence electrons. The number of benzene rings is 1. The van der Waals surface area contributed by atoms with E-state index in [-0.39, 0.29) is 16.9 Å². The summed E-state index contributed by atoms with van der Waals surface area (Å²) in [6, 6.07) is 2.16. The molecule has 1 aromatic carbocycles. The van der Waals surface area contributed by atoms with Gasteiger partial charge in [0.1, 0.15) is 5.82 Å². The van der Waals surface area contributed by atoms with Gasteiger partial charge in [-0.15, -0.1) is 0 Å². The van der Waals surface area contributed by atoms with Gasteiger partial charge in [-0.1, -0.05) is 0 Å². The Hall–Kier alpha value is -1.65. The second-order valence-electron chi connectivity index (χ2n) is 3.65. The molecule has 0 unspecified atom stereocenters. The van der Waals surface area contributed by atoms with Crippen LogP contribution in [0.25, 0.3) is 6.08 Å². The van der Waals surface area contributed by atoms with E-state index in [1.54, 1.807) is 0 Å². The number of alkyl halides is 3. The van der Waals surface area contributed by atoms with Crippen LogP contribution in [0.15, 0.2) is 23.8 Å². The van der Waals surface area contributed by atoms with Gasteiger partial charge in [0.25, 0.3) is 0 Å². The molecule has 1 nitrogen and oxygen atoms in total. The van der Waals surface area contributed by atoms with Crippen molar-refractivity contribution < 1.29 is 22.4 Å². The molecule has 0 saturated carbocycles. The lowest BCUT2D eigenvalue weighted by molar-refractivity contribution is -0.137. The standard InChI is InChI=1S/C12H10F4O/c1-7(8(2)17)3-9-4-10(12(14,15)16)6-11(13)5-9/h3-6H,1-2H3/b7-3+. The summed E-state index contributed by atoms with van der Waals surface area (Å²) < 4.78 is 50.2. The van der Waals surface area contributed by atoms with Crippen molar-refractivity contribution in [3.63, 3.8) is 0 Å². The van der Waals surface area contributed by atoms with Crippen LogP contribution in [0.3, 0.4) is 0 Å². The Bertz CT molecular complexity index is 472. The van der Waals surface area contributed by atoms with Gasteiger partial charge in [-0.25, -0.2) is 4.39 Å². The van der Waals surface area contributed by atoms with E-state index in [9.17, 15) is 22.4 Å². The van der Waals surface area contributed by atoms with E-state index in [1.165, 1.54) is 19.9 Å². The second-order valence-corrected chi connectivity index (χ2v) is 3.65. The Morgan fingerprint density at radius 2 is 1.76 bits per heavy atom. The van der Waals surface area contributed by atoms with Crippen molar-refractivity contribution in [2.45, 2.75) is 20.0 Å². The summed E-state index contributed by atoms with van der Waals surface area (Å²) in [5, 5.41) is 0. The first-order chi connectivity index (χ1) is 7.70. The number of hydrogen-bond acceptors (Lipinski definition) is 1. The van der Waals surface area contributed by atoms with Gasteiger partial charge in [-0.2, -0.15) is 13.2 Å². The number of Topliss-reactive ketones (excluding diaryl/α,β-unsaturated/α-hetero) is 1. The molecular formula is C12H10F4O. The SMILES string of the molecule is CC(=O)/C(C)=C/c1cc(F)cc(C(F)(F)F)c1. The van der Waals surface area contributed by atoms with Crippen LogP contribution in [0, 0.1) is 5.82 Å². The van der Waals surface area contributed by atoms with E-state index in [1.807, 2.05) is 0 Å². The molecular weight excluding hydrogens is 236 g/mol. The van der Waals surface area contributed by atoms with Crippen LogP contribution in [-0.2, 0) is 11.0 Å². The summed E-state index contributed by atoms with van der Waals surface area (Å²) in [6.45, 7) is 2.75. The molecule has 1 rings (SSSR count). The second kappa shape index (κ2) is 4.69. The lowest BCUT2D eigenvalue weighted by atomic mass is 10.1. The van der Waals surface area contributed by atoms with E-state index >= 15 is 0 Å². The highest BCUT2D eigenvalue weighted by Gasteiger charge is 2.31. The maximum atomic E-state index is 13.0. The van der Waals surface area contributed by atoms with Crippen molar-refractivity contribution in [3.8, 4) is 0 Å². The van der Waals surface area contributed by atoms with Crippen LogP contribution in [0.4, 0.5) is 17.6 Å². The summed E-state index contributed by atoms with van der Waals surface area (Å²) >= 11 is 0. The molecule has 0 fully saturated rings. The highest BCUT2D eigenvalue weighted by molar-refractivity contribution is 5.97. The summed E-state index contributed by atoms with van der Waals surface area (Å²) in [7, 11) is 0. The average Bonchev–Trinajstić information content (AvgIpc) is 2.15. The predicted molar refractivity (Wildman–Crippen MR) is 55.7 cm³/mol. The zero-order chi connectivity index (χ0) is 13.2. The molecule has 0 bridgehead atoms. The number of ketones is 1. The summed E-state index contributed by atoms with van der Waals surface area (Å²) in [5.74, 6) is -1.26. The van der Waals surface area contributed by atoms with Crippen molar-refractivity contribution in [1.29, 1.82) is 0 Å². The Balaban J connectivity index is 3.24. The van der Waals surface area contributed by atoms with Crippen LogP contribution in [0.5, 0.6) is 0 Å². The summed E-state index contributed by atoms with van der Waals surface area (Å²) in [6.07, 6.45) is -3.38. The van der Waals surface area contributed by atoms with Gasteiger partial charge in [-0.3, -0.25) is 4.79 Å². The number of hydrogen-bond donors (Lipinski definition) is 0. The van der Waals surface area contributed by atoms with Crippen LogP contribution in [0.2, 0.25) is 0 Å². The minimum Gasteiger partial charge on any atom is -0.295 e. The maximum Gasteiger partial charge on any atom is 0.416 e. The molecule has 0 aromatic heterocycles. The van der Waals surface area contributed by atoms with Crippen LogP contribution in [-0.4, -0.2) is 5.78 Å². The number of rotatable bonds is 2. The van der Waals surface area contributed by atoms with Gasteiger partial charge in [0, 0.05) is 0 Å². The highest BCUT2D eigenvalue weighted by Crippen LogP contribution is 2.30. The third kappa shape index (κ3) is 3.69. The highest BCUT2D eigenvalue weighted by atomic mass is 19.4. The molecule has 0 radical (unpaired) electrons. The lowest BCUT2D eigenvalue weighted by Crippen LogP contribution is -2.05. The molecule has 0 aliphatic heterocycles. The maximum absolute atomic E-state index is 13.0. The Kier molecular flexibility index (Phi) is 3.70. The molecule has 17 heavy (non-hydrogen) atoms. The summed E-state index contributed by atoms with van der Waals surface area (Å²) in [5.41, 5.74) is -0.783. The first kappa shape index (κ1) is 13.4. The smallest absolute Gasteiger partial charge is 0.295 e. The normalized spacial score (nSPS) is 12.7. The molecule has 0 atom stereocenters. The van der Waals surface area contributed by atoms with E-state index in [4.69, 9.17) is 0 Å². The molecule has 5 heteroatoms. The molecule has 0 saturated heterocycles. The van der Waals surface area contributed by atoms with Crippen molar-refractivity contribution in [2.24, 2.45) is 0 Å². The van der Waals surface area contributed by atoms with E-state index < -0.39 is 17.6 Å². The average molecular weight is 246 g/mol. The van der Waals surface area contributed by atoms with Crippen molar-refractivity contribution in [2.75, 3.05) is 0 Å². The zero-order valence-electron chi connectivity index (χ0n) is 9.23. The zero-order valence-corrected chi connectivity index (χ0v) is 9.23.